The van der Waals surface area contributed by atoms with Crippen molar-refractivity contribution in [2.24, 2.45) is 5.92 Å². The van der Waals surface area contributed by atoms with Crippen molar-refractivity contribution in [1.82, 2.24) is 9.62 Å². The van der Waals surface area contributed by atoms with Crippen molar-refractivity contribution in [3.63, 3.8) is 0 Å². The fourth-order valence-electron chi connectivity index (χ4n) is 2.89. The van der Waals surface area contributed by atoms with E-state index in [-0.39, 0.29) is 24.8 Å². The van der Waals surface area contributed by atoms with Gasteiger partial charge in [0, 0.05) is 13.1 Å². The van der Waals surface area contributed by atoms with Crippen LogP contribution in [0.25, 0.3) is 0 Å². The Morgan fingerprint density at radius 1 is 1.32 bits per heavy atom. The maximum absolute atomic E-state index is 12.7. The zero-order chi connectivity index (χ0) is 18.8. The summed E-state index contributed by atoms with van der Waals surface area (Å²) in [5.74, 6) is -0.746. The molecule has 5 nitrogen and oxygen atoms in total. The van der Waals surface area contributed by atoms with Crippen LogP contribution in [0.1, 0.15) is 31.4 Å². The fourth-order valence-corrected chi connectivity index (χ4v) is 4.71. The average molecular weight is 378 g/mol. The number of hydrogen-bond acceptors (Lipinski definition) is 3. The lowest BCUT2D eigenvalue weighted by Crippen LogP contribution is -2.50. The summed E-state index contributed by atoms with van der Waals surface area (Å²) in [6.45, 7) is 3.66. The van der Waals surface area contributed by atoms with Gasteiger partial charge in [0.1, 0.15) is 6.04 Å². The summed E-state index contributed by atoms with van der Waals surface area (Å²) in [5.41, 5.74) is -0.489. The van der Waals surface area contributed by atoms with Gasteiger partial charge in [0.05, 0.1) is 11.3 Å². The number of amides is 1. The summed E-state index contributed by atoms with van der Waals surface area (Å²) < 4.78 is 63.5. The van der Waals surface area contributed by atoms with Gasteiger partial charge < -0.3 is 5.32 Å². The van der Waals surface area contributed by atoms with Crippen LogP contribution in [0.3, 0.4) is 0 Å². The van der Waals surface area contributed by atoms with Crippen LogP contribution in [0.2, 0.25) is 0 Å². The third-order valence-electron chi connectivity index (χ3n) is 4.07. The largest absolute Gasteiger partial charge is 0.416 e. The van der Waals surface area contributed by atoms with E-state index < -0.39 is 33.7 Å². The standard InChI is InChI=1S/C16H21F3N2O3S/c1-11(2)14(21-7-4-8-25(21,23)24)15(22)20-10-12-5-3-6-13(9-12)16(17,18)19/h3,5-6,9,11,14H,4,7-8,10H2,1-2H3,(H,20,22). The van der Waals surface area contributed by atoms with E-state index in [9.17, 15) is 26.4 Å². The van der Waals surface area contributed by atoms with Gasteiger partial charge in [-0.1, -0.05) is 26.0 Å². The zero-order valence-corrected chi connectivity index (χ0v) is 14.8. The highest BCUT2D eigenvalue weighted by atomic mass is 32.2. The molecule has 0 bridgehead atoms. The fraction of sp³-hybridized carbons (Fsp3) is 0.562. The lowest BCUT2D eigenvalue weighted by atomic mass is 10.0. The molecular weight excluding hydrogens is 357 g/mol. The van der Waals surface area contributed by atoms with Crippen LogP contribution in [-0.4, -0.2) is 37.0 Å². The van der Waals surface area contributed by atoms with Gasteiger partial charge in [-0.25, -0.2) is 8.42 Å². The molecule has 9 heteroatoms. The van der Waals surface area contributed by atoms with E-state index in [0.717, 1.165) is 12.1 Å². The summed E-state index contributed by atoms with van der Waals surface area (Å²) in [6, 6.07) is 3.82. The average Bonchev–Trinajstić information content (AvgIpc) is 2.84. The third kappa shape index (κ3) is 4.72. The van der Waals surface area contributed by atoms with Gasteiger partial charge in [-0.05, 0) is 30.0 Å². The Balaban J connectivity index is 2.10. The number of nitrogens with zero attached hydrogens (tertiary/aromatic N) is 1. The predicted molar refractivity (Wildman–Crippen MR) is 87.0 cm³/mol. The molecule has 1 amide bonds. The Bertz CT molecular complexity index is 732. The number of benzene rings is 1. The lowest BCUT2D eigenvalue weighted by Gasteiger charge is -2.28. The first-order valence-electron chi connectivity index (χ1n) is 7.96. The van der Waals surface area contributed by atoms with Crippen LogP contribution in [0.5, 0.6) is 0 Å². The lowest BCUT2D eigenvalue weighted by molar-refractivity contribution is -0.137. The molecular formula is C16H21F3N2O3S. The minimum atomic E-state index is -4.45. The molecule has 0 saturated carbocycles. The number of carbonyl (C=O) groups excluding carboxylic acids is 1. The minimum absolute atomic E-state index is 0.0110. The van der Waals surface area contributed by atoms with Crippen molar-refractivity contribution in [2.45, 2.75) is 39.0 Å². The third-order valence-corrected chi connectivity index (χ3v) is 6.00. The molecule has 2 rings (SSSR count). The molecule has 0 aliphatic carbocycles. The molecule has 1 N–H and O–H groups in total. The van der Waals surface area contributed by atoms with E-state index in [1.807, 2.05) is 0 Å². The molecule has 0 aromatic heterocycles. The Hall–Kier alpha value is -1.61. The van der Waals surface area contributed by atoms with Gasteiger partial charge in [-0.15, -0.1) is 0 Å². The predicted octanol–water partition coefficient (Wildman–Crippen LogP) is 2.38. The van der Waals surface area contributed by atoms with Crippen LogP contribution >= 0.6 is 0 Å². The van der Waals surface area contributed by atoms with Gasteiger partial charge in [0.25, 0.3) is 0 Å². The summed E-state index contributed by atoms with van der Waals surface area (Å²) in [7, 11) is -3.46. The van der Waals surface area contributed by atoms with E-state index >= 15 is 0 Å². The Morgan fingerprint density at radius 2 is 2.00 bits per heavy atom. The van der Waals surface area contributed by atoms with Crippen molar-refractivity contribution in [1.29, 1.82) is 0 Å². The SMILES string of the molecule is CC(C)C(C(=O)NCc1cccc(C(F)(F)F)c1)N1CCCS1(=O)=O. The Labute approximate surface area is 145 Å². The second-order valence-electron chi connectivity index (χ2n) is 6.39. The molecule has 1 heterocycles. The van der Waals surface area contributed by atoms with Crippen molar-refractivity contribution in [2.75, 3.05) is 12.3 Å². The smallest absolute Gasteiger partial charge is 0.351 e. The molecule has 0 radical (unpaired) electrons. The molecule has 1 fully saturated rings. The molecule has 1 unspecified atom stereocenters. The van der Waals surface area contributed by atoms with Crippen molar-refractivity contribution < 1.29 is 26.4 Å². The van der Waals surface area contributed by atoms with Gasteiger partial charge in [-0.3, -0.25) is 4.79 Å². The number of carbonyl (C=O) groups is 1. The van der Waals surface area contributed by atoms with E-state index in [4.69, 9.17) is 0 Å². The molecule has 1 saturated heterocycles. The van der Waals surface area contributed by atoms with Gasteiger partial charge >= 0.3 is 6.18 Å². The van der Waals surface area contributed by atoms with E-state index in [1.165, 1.54) is 16.4 Å². The minimum Gasteiger partial charge on any atom is -0.351 e. The quantitative estimate of drug-likeness (QED) is 0.856. The normalized spacial score (nSPS) is 19.1. The number of halogens is 3. The second-order valence-corrected chi connectivity index (χ2v) is 8.43. The molecule has 0 spiro atoms. The number of sulfonamides is 1. The Kier molecular flexibility index (Phi) is 5.78. The van der Waals surface area contributed by atoms with E-state index in [0.29, 0.717) is 12.0 Å². The summed E-state index contributed by atoms with van der Waals surface area (Å²) in [6.07, 6.45) is -3.99. The summed E-state index contributed by atoms with van der Waals surface area (Å²) in [4.78, 5) is 12.5. The highest BCUT2D eigenvalue weighted by Crippen LogP contribution is 2.29. The summed E-state index contributed by atoms with van der Waals surface area (Å²) >= 11 is 0. The second kappa shape index (κ2) is 7.33. The number of hydrogen-bond donors (Lipinski definition) is 1. The molecule has 140 valence electrons. The molecule has 1 aromatic carbocycles. The van der Waals surface area contributed by atoms with Crippen LogP contribution in [0.15, 0.2) is 24.3 Å². The Morgan fingerprint density at radius 3 is 2.52 bits per heavy atom. The first kappa shape index (κ1) is 19.7. The highest BCUT2D eigenvalue weighted by molar-refractivity contribution is 7.89. The van der Waals surface area contributed by atoms with Gasteiger partial charge in [0.15, 0.2) is 0 Å². The van der Waals surface area contributed by atoms with Crippen LogP contribution < -0.4 is 5.32 Å². The monoisotopic (exact) mass is 378 g/mol. The van der Waals surface area contributed by atoms with Crippen LogP contribution in [-0.2, 0) is 27.5 Å². The highest BCUT2D eigenvalue weighted by Gasteiger charge is 2.39. The zero-order valence-electron chi connectivity index (χ0n) is 14.0. The van der Waals surface area contributed by atoms with Crippen molar-refractivity contribution >= 4 is 15.9 Å². The maximum atomic E-state index is 12.7. The van der Waals surface area contributed by atoms with E-state index in [2.05, 4.69) is 5.32 Å². The first-order chi connectivity index (χ1) is 11.5. The van der Waals surface area contributed by atoms with Crippen LogP contribution in [0, 0.1) is 5.92 Å². The van der Waals surface area contributed by atoms with Crippen molar-refractivity contribution in [3.8, 4) is 0 Å². The maximum Gasteiger partial charge on any atom is 0.416 e. The topological polar surface area (TPSA) is 66.5 Å². The molecule has 25 heavy (non-hydrogen) atoms. The molecule has 1 atom stereocenters. The number of nitrogens with one attached hydrogen (secondary N) is 1. The van der Waals surface area contributed by atoms with Gasteiger partial charge in [-0.2, -0.15) is 17.5 Å². The number of rotatable bonds is 5. The molecule has 1 aromatic rings. The van der Waals surface area contributed by atoms with Gasteiger partial charge in [0.2, 0.25) is 15.9 Å². The molecule has 1 aliphatic rings. The summed E-state index contributed by atoms with van der Waals surface area (Å²) in [5, 5.41) is 2.56. The first-order valence-corrected chi connectivity index (χ1v) is 9.56. The van der Waals surface area contributed by atoms with Crippen molar-refractivity contribution in [3.05, 3.63) is 35.4 Å². The molecule has 1 aliphatic heterocycles. The number of alkyl halides is 3. The van der Waals surface area contributed by atoms with E-state index in [1.54, 1.807) is 13.8 Å². The van der Waals surface area contributed by atoms with Crippen LogP contribution in [0.4, 0.5) is 13.2 Å².